The highest BCUT2D eigenvalue weighted by molar-refractivity contribution is 5.75. The van der Waals surface area contributed by atoms with Crippen molar-refractivity contribution in [3.8, 4) is 0 Å². The number of carbonyl (C=O) groups is 1. The van der Waals surface area contributed by atoms with Crippen LogP contribution in [0.4, 0.5) is 13.2 Å². The van der Waals surface area contributed by atoms with Crippen LogP contribution in [-0.4, -0.2) is 32.0 Å². The lowest BCUT2D eigenvalue weighted by Gasteiger charge is -2.07. The molecule has 0 saturated carbocycles. The Morgan fingerprint density at radius 3 is 2.19 bits per heavy atom. The zero-order chi connectivity index (χ0) is 12.4. The fraction of sp³-hybridized carbons (Fsp3) is 0.900. The van der Waals surface area contributed by atoms with Crippen molar-refractivity contribution in [3.05, 3.63) is 0 Å². The van der Waals surface area contributed by atoms with Gasteiger partial charge in [-0.25, -0.2) is 4.79 Å². The van der Waals surface area contributed by atoms with Crippen molar-refractivity contribution in [1.82, 2.24) is 0 Å². The number of rotatable bonds is 8. The average molecular weight is 242 g/mol. The van der Waals surface area contributed by atoms with Crippen LogP contribution in [0.15, 0.2) is 0 Å². The van der Waals surface area contributed by atoms with E-state index >= 15 is 0 Å². The molecular weight excluding hydrogens is 225 g/mol. The van der Waals surface area contributed by atoms with Crippen molar-refractivity contribution in [1.29, 1.82) is 0 Å². The van der Waals surface area contributed by atoms with Gasteiger partial charge in [0.05, 0.1) is 6.61 Å². The highest BCUT2D eigenvalue weighted by Gasteiger charge is 2.40. The van der Waals surface area contributed by atoms with E-state index in [1.165, 1.54) is 0 Å². The normalized spacial score (nSPS) is 11.5. The molecule has 0 radical (unpaired) electrons. The summed E-state index contributed by atoms with van der Waals surface area (Å²) in [7, 11) is 0. The minimum absolute atomic E-state index is 0.213. The largest absolute Gasteiger partial charge is 0.490 e. The molecule has 0 aromatic rings. The molecule has 0 amide bonds. The second-order valence-corrected chi connectivity index (χ2v) is 3.31. The first-order valence-corrected chi connectivity index (χ1v) is 5.30. The zero-order valence-electron chi connectivity index (χ0n) is 9.31. The topological polar surface area (TPSA) is 35.5 Å². The Morgan fingerprint density at radius 2 is 1.62 bits per heavy atom. The maximum absolute atomic E-state index is 11.7. The summed E-state index contributed by atoms with van der Waals surface area (Å²) in [5.74, 6) is -2.13. The number of halogens is 3. The van der Waals surface area contributed by atoms with Crippen LogP contribution >= 0.6 is 0 Å². The highest BCUT2D eigenvalue weighted by Crippen LogP contribution is 2.16. The lowest BCUT2D eigenvalue weighted by molar-refractivity contribution is -0.199. The summed E-state index contributed by atoms with van der Waals surface area (Å²) < 4.78 is 44.2. The molecule has 0 aromatic carbocycles. The second-order valence-electron chi connectivity index (χ2n) is 3.31. The zero-order valence-corrected chi connectivity index (χ0v) is 9.31. The summed E-state index contributed by atoms with van der Waals surface area (Å²) in [6.45, 7) is 2.98. The summed E-state index contributed by atoms with van der Waals surface area (Å²) in [6, 6.07) is 0. The molecule has 0 atom stereocenters. The van der Waals surface area contributed by atoms with Gasteiger partial charge >= 0.3 is 12.1 Å². The number of hydrogen-bond donors (Lipinski definition) is 0. The van der Waals surface area contributed by atoms with Gasteiger partial charge in [0.25, 0.3) is 0 Å². The molecule has 96 valence electrons. The van der Waals surface area contributed by atoms with E-state index in [0.717, 1.165) is 12.8 Å². The second kappa shape index (κ2) is 8.38. The average Bonchev–Trinajstić information content (AvgIpc) is 2.20. The fourth-order valence-corrected chi connectivity index (χ4v) is 0.901. The Hall–Kier alpha value is -0.780. The molecule has 0 unspecified atom stereocenters. The Kier molecular flexibility index (Phi) is 7.97. The van der Waals surface area contributed by atoms with E-state index < -0.39 is 12.1 Å². The lowest BCUT2D eigenvalue weighted by atomic mass is 10.3. The van der Waals surface area contributed by atoms with Gasteiger partial charge in [0.15, 0.2) is 0 Å². The maximum Gasteiger partial charge on any atom is 0.490 e. The molecule has 0 bridgehead atoms. The van der Waals surface area contributed by atoms with Gasteiger partial charge in [-0.2, -0.15) is 13.2 Å². The van der Waals surface area contributed by atoms with Crippen molar-refractivity contribution >= 4 is 5.97 Å². The summed E-state index contributed by atoms with van der Waals surface area (Å²) in [5.41, 5.74) is 0. The molecule has 6 heteroatoms. The molecular formula is C10H17F3O3. The molecule has 0 spiro atoms. The smallest absolute Gasteiger partial charge is 0.459 e. The van der Waals surface area contributed by atoms with Crippen LogP contribution < -0.4 is 0 Å². The van der Waals surface area contributed by atoms with Gasteiger partial charge in [0.2, 0.25) is 0 Å². The fourth-order valence-electron chi connectivity index (χ4n) is 0.901. The first kappa shape index (κ1) is 15.2. The minimum Gasteiger partial charge on any atom is -0.459 e. The summed E-state index contributed by atoms with van der Waals surface area (Å²) in [4.78, 5) is 10.3. The number of carbonyl (C=O) groups excluding carboxylic acids is 1. The number of esters is 1. The van der Waals surface area contributed by atoms with Crippen LogP contribution in [0.5, 0.6) is 0 Å². The SMILES string of the molecule is CCCCOCCCCOC(=O)C(F)(F)F. The first-order chi connectivity index (χ1) is 7.48. The third-order valence-electron chi connectivity index (χ3n) is 1.79. The van der Waals surface area contributed by atoms with E-state index in [1.807, 2.05) is 6.92 Å². The van der Waals surface area contributed by atoms with Crippen molar-refractivity contribution in [2.75, 3.05) is 19.8 Å². The summed E-state index contributed by atoms with van der Waals surface area (Å²) >= 11 is 0. The van der Waals surface area contributed by atoms with Crippen LogP contribution in [-0.2, 0) is 14.3 Å². The maximum atomic E-state index is 11.7. The van der Waals surface area contributed by atoms with Crippen LogP contribution in [0.25, 0.3) is 0 Å². The first-order valence-electron chi connectivity index (χ1n) is 5.30. The molecule has 0 aliphatic carbocycles. The van der Waals surface area contributed by atoms with Crippen molar-refractivity contribution in [2.24, 2.45) is 0 Å². The van der Waals surface area contributed by atoms with E-state index in [1.54, 1.807) is 0 Å². The number of ether oxygens (including phenoxy) is 2. The monoisotopic (exact) mass is 242 g/mol. The Balaban J connectivity index is 3.25. The third kappa shape index (κ3) is 8.52. The lowest BCUT2D eigenvalue weighted by Crippen LogP contribution is -2.25. The summed E-state index contributed by atoms with van der Waals surface area (Å²) in [6.07, 6.45) is -1.90. The standard InChI is InChI=1S/C10H17F3O3/c1-2-3-6-15-7-4-5-8-16-9(14)10(11,12)13/h2-8H2,1H3. The van der Waals surface area contributed by atoms with Gasteiger partial charge in [0, 0.05) is 13.2 Å². The number of hydrogen-bond acceptors (Lipinski definition) is 3. The van der Waals surface area contributed by atoms with Crippen LogP contribution in [0, 0.1) is 0 Å². The molecule has 0 fully saturated rings. The molecule has 0 heterocycles. The van der Waals surface area contributed by atoms with Gasteiger partial charge in [-0.1, -0.05) is 13.3 Å². The Morgan fingerprint density at radius 1 is 1.06 bits per heavy atom. The molecule has 0 aliphatic rings. The predicted octanol–water partition coefficient (Wildman–Crippen LogP) is 2.69. The molecule has 0 saturated heterocycles. The molecule has 0 N–H and O–H groups in total. The van der Waals surface area contributed by atoms with Crippen LogP contribution in [0.1, 0.15) is 32.6 Å². The highest BCUT2D eigenvalue weighted by atomic mass is 19.4. The van der Waals surface area contributed by atoms with Gasteiger partial charge in [-0.05, 0) is 19.3 Å². The Labute approximate surface area is 92.9 Å². The molecule has 3 nitrogen and oxygen atoms in total. The van der Waals surface area contributed by atoms with Crippen LogP contribution in [0.3, 0.4) is 0 Å². The van der Waals surface area contributed by atoms with E-state index in [4.69, 9.17) is 4.74 Å². The van der Waals surface area contributed by atoms with Crippen molar-refractivity contribution in [3.63, 3.8) is 0 Å². The van der Waals surface area contributed by atoms with Gasteiger partial charge in [0.1, 0.15) is 0 Å². The quantitative estimate of drug-likeness (QED) is 0.485. The predicted molar refractivity (Wildman–Crippen MR) is 52.0 cm³/mol. The van der Waals surface area contributed by atoms with E-state index in [0.29, 0.717) is 26.1 Å². The minimum atomic E-state index is -4.89. The van der Waals surface area contributed by atoms with Gasteiger partial charge in [-0.3, -0.25) is 0 Å². The third-order valence-corrected chi connectivity index (χ3v) is 1.79. The van der Waals surface area contributed by atoms with Gasteiger partial charge < -0.3 is 9.47 Å². The van der Waals surface area contributed by atoms with E-state index in [-0.39, 0.29) is 6.61 Å². The number of unbranched alkanes of at least 4 members (excludes halogenated alkanes) is 2. The Bertz CT molecular complexity index is 192. The van der Waals surface area contributed by atoms with E-state index in [2.05, 4.69) is 4.74 Å². The van der Waals surface area contributed by atoms with Crippen molar-refractivity contribution in [2.45, 2.75) is 38.8 Å². The van der Waals surface area contributed by atoms with Crippen LogP contribution in [0.2, 0.25) is 0 Å². The van der Waals surface area contributed by atoms with Gasteiger partial charge in [-0.15, -0.1) is 0 Å². The number of alkyl halides is 3. The summed E-state index contributed by atoms with van der Waals surface area (Å²) in [5, 5.41) is 0. The molecule has 0 aromatic heterocycles. The molecule has 0 aliphatic heterocycles. The van der Waals surface area contributed by atoms with E-state index in [9.17, 15) is 18.0 Å². The molecule has 16 heavy (non-hydrogen) atoms. The molecule has 0 rings (SSSR count). The van der Waals surface area contributed by atoms with Crippen molar-refractivity contribution < 1.29 is 27.4 Å².